The molecule has 0 unspecified atom stereocenters. The van der Waals surface area contributed by atoms with Crippen LogP contribution in [-0.4, -0.2) is 38.8 Å². The van der Waals surface area contributed by atoms with Crippen LogP contribution in [0, 0.1) is 12.8 Å². The maximum atomic E-state index is 12.9. The molecule has 3 rings (SSSR count). The smallest absolute Gasteiger partial charge is 0.228 e. The highest BCUT2D eigenvalue weighted by Gasteiger charge is 2.33. The standard InChI is InChI=1S/C21H24Cl2N2O4S/c1-14-5-8-20(29-2)19(10-14)24-21(26)15-4-3-9-25(12-15)30(27,28)13-16-6-7-17(22)11-18(16)23/h5-8,10-11,15H,3-4,9,12-13H2,1-2H3,(H,24,26)/t15-/m1/s1. The van der Waals surface area contributed by atoms with Gasteiger partial charge in [0, 0.05) is 23.1 Å². The maximum Gasteiger partial charge on any atom is 0.228 e. The molecule has 1 aliphatic rings. The molecule has 0 aromatic heterocycles. The van der Waals surface area contributed by atoms with E-state index in [0.29, 0.717) is 46.4 Å². The number of carbonyl (C=O) groups is 1. The number of methoxy groups -OCH3 is 1. The van der Waals surface area contributed by atoms with Crippen molar-refractivity contribution in [3.63, 3.8) is 0 Å². The van der Waals surface area contributed by atoms with Gasteiger partial charge in [-0.15, -0.1) is 0 Å². The molecule has 1 heterocycles. The number of aryl methyl sites for hydroxylation is 1. The summed E-state index contributed by atoms with van der Waals surface area (Å²) in [4.78, 5) is 12.8. The van der Waals surface area contributed by atoms with E-state index in [-0.39, 0.29) is 18.2 Å². The third kappa shape index (κ3) is 5.46. The van der Waals surface area contributed by atoms with Crippen LogP contribution < -0.4 is 10.1 Å². The molecular formula is C21H24Cl2N2O4S. The third-order valence-electron chi connectivity index (χ3n) is 5.11. The van der Waals surface area contributed by atoms with Crippen LogP contribution >= 0.6 is 23.2 Å². The van der Waals surface area contributed by atoms with Gasteiger partial charge in [0.15, 0.2) is 0 Å². The van der Waals surface area contributed by atoms with E-state index in [1.165, 1.54) is 17.5 Å². The number of rotatable bonds is 6. The van der Waals surface area contributed by atoms with Crippen molar-refractivity contribution in [3.8, 4) is 5.75 Å². The predicted octanol–water partition coefficient (Wildman–Crippen LogP) is 4.49. The molecule has 0 radical (unpaired) electrons. The molecule has 0 bridgehead atoms. The zero-order valence-corrected chi connectivity index (χ0v) is 19.1. The molecule has 30 heavy (non-hydrogen) atoms. The van der Waals surface area contributed by atoms with Gasteiger partial charge in [-0.3, -0.25) is 4.79 Å². The number of nitrogens with zero attached hydrogens (tertiary/aromatic N) is 1. The first-order valence-electron chi connectivity index (χ1n) is 9.57. The Bertz CT molecular complexity index is 1040. The number of ether oxygens (including phenoxy) is 1. The Morgan fingerprint density at radius 1 is 1.23 bits per heavy atom. The number of halogens is 2. The topological polar surface area (TPSA) is 75.7 Å². The zero-order chi connectivity index (χ0) is 21.9. The molecule has 9 heteroatoms. The largest absolute Gasteiger partial charge is 0.495 e. The van der Waals surface area contributed by atoms with Gasteiger partial charge in [0.2, 0.25) is 15.9 Å². The van der Waals surface area contributed by atoms with Crippen LogP contribution in [0.25, 0.3) is 0 Å². The molecule has 1 amide bonds. The summed E-state index contributed by atoms with van der Waals surface area (Å²) in [6, 6.07) is 10.3. The fourth-order valence-corrected chi connectivity index (χ4v) is 5.69. The van der Waals surface area contributed by atoms with Crippen molar-refractivity contribution in [1.82, 2.24) is 4.31 Å². The molecule has 0 saturated carbocycles. The SMILES string of the molecule is COc1ccc(C)cc1NC(=O)[C@@H]1CCCN(S(=O)(=O)Cc2ccc(Cl)cc2Cl)C1. The lowest BCUT2D eigenvalue weighted by Crippen LogP contribution is -2.44. The Labute approximate surface area is 187 Å². The van der Waals surface area contributed by atoms with Crippen molar-refractivity contribution < 1.29 is 17.9 Å². The summed E-state index contributed by atoms with van der Waals surface area (Å²) in [5, 5.41) is 3.64. The molecule has 1 aliphatic heterocycles. The maximum absolute atomic E-state index is 12.9. The minimum atomic E-state index is -3.63. The molecule has 1 atom stereocenters. The number of benzene rings is 2. The molecule has 1 saturated heterocycles. The summed E-state index contributed by atoms with van der Waals surface area (Å²) >= 11 is 12.0. The third-order valence-corrected chi connectivity index (χ3v) is 7.50. The summed E-state index contributed by atoms with van der Waals surface area (Å²) in [6.07, 6.45) is 1.23. The molecule has 0 spiro atoms. The minimum absolute atomic E-state index is 0.132. The van der Waals surface area contributed by atoms with Gasteiger partial charge in [0.1, 0.15) is 5.75 Å². The number of sulfonamides is 1. The van der Waals surface area contributed by atoms with E-state index in [2.05, 4.69) is 5.32 Å². The van der Waals surface area contributed by atoms with Crippen LogP contribution in [0.2, 0.25) is 10.0 Å². The van der Waals surface area contributed by atoms with Crippen LogP contribution in [0.4, 0.5) is 5.69 Å². The normalized spacial score (nSPS) is 17.5. The highest BCUT2D eigenvalue weighted by Crippen LogP contribution is 2.29. The average molecular weight is 471 g/mol. The Morgan fingerprint density at radius 3 is 2.70 bits per heavy atom. The van der Waals surface area contributed by atoms with Gasteiger partial charge in [-0.05, 0) is 55.2 Å². The monoisotopic (exact) mass is 470 g/mol. The van der Waals surface area contributed by atoms with Gasteiger partial charge in [-0.1, -0.05) is 35.3 Å². The molecule has 1 N–H and O–H groups in total. The van der Waals surface area contributed by atoms with E-state index >= 15 is 0 Å². The summed E-state index contributed by atoms with van der Waals surface area (Å²) in [6.45, 7) is 2.44. The number of piperidine rings is 1. The molecule has 6 nitrogen and oxygen atoms in total. The Kier molecular flexibility index (Phi) is 7.29. The second-order valence-electron chi connectivity index (χ2n) is 7.38. The first kappa shape index (κ1) is 22.9. The van der Waals surface area contributed by atoms with Crippen molar-refractivity contribution in [2.45, 2.75) is 25.5 Å². The lowest BCUT2D eigenvalue weighted by Gasteiger charge is -2.31. The lowest BCUT2D eigenvalue weighted by atomic mass is 9.98. The molecule has 1 fully saturated rings. The average Bonchev–Trinajstić information content (AvgIpc) is 2.70. The van der Waals surface area contributed by atoms with Crippen LogP contribution in [0.15, 0.2) is 36.4 Å². The summed E-state index contributed by atoms with van der Waals surface area (Å²) in [5.74, 6) is -0.336. The summed E-state index contributed by atoms with van der Waals surface area (Å²) in [7, 11) is -2.09. The summed E-state index contributed by atoms with van der Waals surface area (Å²) in [5.41, 5.74) is 2.05. The fourth-order valence-electron chi connectivity index (χ4n) is 3.49. The van der Waals surface area contributed by atoms with E-state index in [4.69, 9.17) is 27.9 Å². The Morgan fingerprint density at radius 2 is 2.00 bits per heavy atom. The Balaban J connectivity index is 1.71. The van der Waals surface area contributed by atoms with E-state index < -0.39 is 15.9 Å². The van der Waals surface area contributed by atoms with E-state index in [1.807, 2.05) is 19.1 Å². The number of anilines is 1. The first-order chi connectivity index (χ1) is 14.2. The number of hydrogen-bond donors (Lipinski definition) is 1. The lowest BCUT2D eigenvalue weighted by molar-refractivity contribution is -0.120. The van der Waals surface area contributed by atoms with Crippen LogP contribution in [0.3, 0.4) is 0 Å². The predicted molar refractivity (Wildman–Crippen MR) is 120 cm³/mol. The van der Waals surface area contributed by atoms with E-state index in [1.54, 1.807) is 18.2 Å². The van der Waals surface area contributed by atoms with Crippen LogP contribution in [0.1, 0.15) is 24.0 Å². The zero-order valence-electron chi connectivity index (χ0n) is 16.8. The molecule has 0 aliphatic carbocycles. The number of amides is 1. The molecule has 162 valence electrons. The van der Waals surface area contributed by atoms with Gasteiger partial charge in [0.25, 0.3) is 0 Å². The van der Waals surface area contributed by atoms with Crippen molar-refractivity contribution in [3.05, 3.63) is 57.6 Å². The van der Waals surface area contributed by atoms with Gasteiger partial charge >= 0.3 is 0 Å². The van der Waals surface area contributed by atoms with Crippen LogP contribution in [0.5, 0.6) is 5.75 Å². The van der Waals surface area contributed by atoms with Gasteiger partial charge in [-0.25, -0.2) is 12.7 Å². The fraction of sp³-hybridized carbons (Fsp3) is 0.381. The van der Waals surface area contributed by atoms with Gasteiger partial charge in [0.05, 0.1) is 24.5 Å². The molecular weight excluding hydrogens is 447 g/mol. The molecule has 2 aromatic carbocycles. The summed E-state index contributed by atoms with van der Waals surface area (Å²) < 4.78 is 32.6. The Hall–Kier alpha value is -1.80. The second-order valence-corrected chi connectivity index (χ2v) is 10.2. The second kappa shape index (κ2) is 9.56. The minimum Gasteiger partial charge on any atom is -0.495 e. The highest BCUT2D eigenvalue weighted by molar-refractivity contribution is 7.88. The van der Waals surface area contributed by atoms with Crippen LogP contribution in [-0.2, 0) is 20.6 Å². The van der Waals surface area contributed by atoms with Crippen molar-refractivity contribution in [2.75, 3.05) is 25.5 Å². The number of hydrogen-bond acceptors (Lipinski definition) is 4. The number of nitrogens with one attached hydrogen (secondary N) is 1. The van der Waals surface area contributed by atoms with Gasteiger partial charge in [-0.2, -0.15) is 0 Å². The highest BCUT2D eigenvalue weighted by atomic mass is 35.5. The van der Waals surface area contributed by atoms with Crippen molar-refractivity contribution in [2.24, 2.45) is 5.92 Å². The van der Waals surface area contributed by atoms with Crippen molar-refractivity contribution >= 4 is 44.8 Å². The van der Waals surface area contributed by atoms with E-state index in [9.17, 15) is 13.2 Å². The van der Waals surface area contributed by atoms with Crippen molar-refractivity contribution in [1.29, 1.82) is 0 Å². The van der Waals surface area contributed by atoms with Gasteiger partial charge < -0.3 is 10.1 Å². The quantitative estimate of drug-likeness (QED) is 0.674. The number of carbonyl (C=O) groups excluding carboxylic acids is 1. The van der Waals surface area contributed by atoms with E-state index in [0.717, 1.165) is 5.56 Å². The molecule has 2 aromatic rings. The first-order valence-corrected chi connectivity index (χ1v) is 11.9.